The monoisotopic (exact) mass is 401 g/mol. The molecule has 9 heteroatoms. The number of aromatic nitrogens is 3. The highest BCUT2D eigenvalue weighted by molar-refractivity contribution is 7.20. The second-order valence-corrected chi connectivity index (χ2v) is 7.96. The number of aryl methyl sites for hydroxylation is 3. The van der Waals surface area contributed by atoms with Gasteiger partial charge in [0.15, 0.2) is 0 Å². The van der Waals surface area contributed by atoms with Gasteiger partial charge in [0.1, 0.15) is 11.5 Å². The predicted octanol–water partition coefficient (Wildman–Crippen LogP) is 2.28. The Labute approximate surface area is 166 Å². The van der Waals surface area contributed by atoms with Gasteiger partial charge in [-0.05, 0) is 26.3 Å². The van der Waals surface area contributed by atoms with Gasteiger partial charge in [-0.3, -0.25) is 9.59 Å². The lowest BCUT2D eigenvalue weighted by atomic mass is 10.2. The highest BCUT2D eigenvalue weighted by Gasteiger charge is 2.26. The van der Waals surface area contributed by atoms with Crippen LogP contribution in [0.5, 0.6) is 0 Å². The Balaban J connectivity index is 1.49. The molecule has 8 nitrogen and oxygen atoms in total. The van der Waals surface area contributed by atoms with Crippen molar-refractivity contribution in [3.05, 3.63) is 45.3 Å². The number of nitrogens with zero attached hydrogens (tertiary/aromatic N) is 5. The molecule has 1 aliphatic rings. The van der Waals surface area contributed by atoms with Crippen LogP contribution in [0.4, 0.5) is 5.13 Å². The summed E-state index contributed by atoms with van der Waals surface area (Å²) in [5.74, 6) is 1.40. The molecule has 1 aliphatic heterocycles. The topological polar surface area (TPSA) is 84.0 Å². The van der Waals surface area contributed by atoms with Gasteiger partial charge in [0.2, 0.25) is 10.1 Å². The van der Waals surface area contributed by atoms with Crippen molar-refractivity contribution in [1.29, 1.82) is 0 Å². The highest BCUT2D eigenvalue weighted by atomic mass is 32.1. The van der Waals surface area contributed by atoms with Crippen molar-refractivity contribution in [3.8, 4) is 0 Å². The van der Waals surface area contributed by atoms with Gasteiger partial charge in [0.05, 0.1) is 5.56 Å². The molecule has 4 rings (SSSR count). The molecule has 0 spiro atoms. The number of amides is 1. The zero-order valence-corrected chi connectivity index (χ0v) is 17.1. The highest BCUT2D eigenvalue weighted by Crippen LogP contribution is 2.24. The van der Waals surface area contributed by atoms with Gasteiger partial charge in [0, 0.05) is 37.9 Å². The second-order valence-electron chi connectivity index (χ2n) is 7.02. The van der Waals surface area contributed by atoms with Crippen molar-refractivity contribution in [3.63, 3.8) is 0 Å². The van der Waals surface area contributed by atoms with E-state index >= 15 is 0 Å². The Morgan fingerprint density at radius 1 is 1.21 bits per heavy atom. The summed E-state index contributed by atoms with van der Waals surface area (Å²) in [5, 5.41) is 5.21. The Morgan fingerprint density at radius 2 is 1.96 bits per heavy atom. The van der Waals surface area contributed by atoms with Crippen LogP contribution in [0.3, 0.4) is 0 Å². The molecule has 4 heterocycles. The number of carbonyl (C=O) groups is 1. The third-order valence-electron chi connectivity index (χ3n) is 4.90. The lowest BCUT2D eigenvalue weighted by Crippen LogP contribution is -2.48. The lowest BCUT2D eigenvalue weighted by molar-refractivity contribution is 0.0745. The summed E-state index contributed by atoms with van der Waals surface area (Å²) in [7, 11) is 0. The van der Waals surface area contributed by atoms with Crippen LogP contribution in [0.1, 0.15) is 40.9 Å². The first kappa shape index (κ1) is 18.7. The van der Waals surface area contributed by atoms with Crippen LogP contribution in [0.25, 0.3) is 4.96 Å². The van der Waals surface area contributed by atoms with E-state index in [2.05, 4.69) is 21.9 Å². The maximum Gasteiger partial charge on any atom is 0.275 e. The van der Waals surface area contributed by atoms with Gasteiger partial charge in [-0.2, -0.15) is 4.52 Å². The minimum atomic E-state index is -0.143. The normalized spacial score (nSPS) is 14.8. The van der Waals surface area contributed by atoms with E-state index in [1.165, 1.54) is 15.9 Å². The van der Waals surface area contributed by atoms with Crippen LogP contribution < -0.4 is 10.5 Å². The number of furan rings is 1. The summed E-state index contributed by atoms with van der Waals surface area (Å²) in [6, 6.07) is 3.36. The van der Waals surface area contributed by atoms with E-state index in [9.17, 15) is 9.59 Å². The molecule has 1 amide bonds. The summed E-state index contributed by atoms with van der Waals surface area (Å²) < 4.78 is 6.85. The minimum absolute atomic E-state index is 0.000364. The number of hydrogen-bond donors (Lipinski definition) is 0. The largest absolute Gasteiger partial charge is 0.466 e. The Morgan fingerprint density at radius 3 is 2.61 bits per heavy atom. The van der Waals surface area contributed by atoms with E-state index in [0.29, 0.717) is 42.5 Å². The van der Waals surface area contributed by atoms with Crippen LogP contribution >= 0.6 is 11.3 Å². The lowest BCUT2D eigenvalue weighted by Gasteiger charge is -2.34. The number of fused-ring (bicyclic) bond motifs is 1. The SMILES string of the molecule is CCCc1cc(=O)n2nc(N3CCN(C(=O)c4cc(C)oc4C)CC3)sc2n1. The summed E-state index contributed by atoms with van der Waals surface area (Å²) >= 11 is 1.42. The molecule has 3 aromatic heterocycles. The van der Waals surface area contributed by atoms with Crippen LogP contribution in [0.2, 0.25) is 0 Å². The van der Waals surface area contributed by atoms with E-state index < -0.39 is 0 Å². The van der Waals surface area contributed by atoms with E-state index in [1.54, 1.807) is 12.1 Å². The fourth-order valence-electron chi connectivity index (χ4n) is 3.47. The maximum atomic E-state index is 12.7. The third kappa shape index (κ3) is 3.42. The summed E-state index contributed by atoms with van der Waals surface area (Å²) in [6.45, 7) is 8.25. The van der Waals surface area contributed by atoms with Gasteiger partial charge in [0.25, 0.3) is 11.5 Å². The molecular weight excluding hydrogens is 378 g/mol. The molecule has 0 radical (unpaired) electrons. The van der Waals surface area contributed by atoms with Crippen molar-refractivity contribution in [2.24, 2.45) is 0 Å². The number of anilines is 1. The molecule has 0 aliphatic carbocycles. The molecule has 0 aromatic carbocycles. The predicted molar refractivity (Wildman–Crippen MR) is 107 cm³/mol. The zero-order chi connectivity index (χ0) is 19.8. The molecule has 1 fully saturated rings. The summed E-state index contributed by atoms with van der Waals surface area (Å²) in [4.78, 5) is 34.1. The maximum absolute atomic E-state index is 12.7. The van der Waals surface area contributed by atoms with Gasteiger partial charge in [-0.15, -0.1) is 5.10 Å². The van der Waals surface area contributed by atoms with Crippen molar-refractivity contribution < 1.29 is 9.21 Å². The van der Waals surface area contributed by atoms with Gasteiger partial charge in [-0.1, -0.05) is 24.7 Å². The Hall–Kier alpha value is -2.68. The molecule has 0 bridgehead atoms. The third-order valence-corrected chi connectivity index (χ3v) is 5.87. The molecule has 148 valence electrons. The van der Waals surface area contributed by atoms with E-state index in [0.717, 1.165) is 29.4 Å². The van der Waals surface area contributed by atoms with Crippen LogP contribution in [-0.2, 0) is 6.42 Å². The average Bonchev–Trinajstić information content (AvgIpc) is 3.25. The minimum Gasteiger partial charge on any atom is -0.466 e. The molecule has 0 N–H and O–H groups in total. The van der Waals surface area contributed by atoms with Gasteiger partial charge < -0.3 is 14.2 Å². The van der Waals surface area contributed by atoms with Gasteiger partial charge >= 0.3 is 0 Å². The fourth-order valence-corrected chi connectivity index (χ4v) is 4.45. The smallest absolute Gasteiger partial charge is 0.275 e. The first-order valence-electron chi connectivity index (χ1n) is 9.47. The van der Waals surface area contributed by atoms with Crippen molar-refractivity contribution in [2.75, 3.05) is 31.1 Å². The van der Waals surface area contributed by atoms with Crippen molar-refractivity contribution in [1.82, 2.24) is 19.5 Å². The Kier molecular flexibility index (Phi) is 4.92. The number of carbonyl (C=O) groups excluding carboxylic acids is 1. The molecule has 28 heavy (non-hydrogen) atoms. The first-order valence-corrected chi connectivity index (χ1v) is 10.3. The van der Waals surface area contributed by atoms with E-state index in [4.69, 9.17) is 4.42 Å². The number of rotatable bonds is 4. The van der Waals surface area contributed by atoms with Crippen molar-refractivity contribution in [2.45, 2.75) is 33.6 Å². The second kappa shape index (κ2) is 7.38. The number of piperazine rings is 1. The van der Waals surface area contributed by atoms with Crippen molar-refractivity contribution >= 4 is 27.3 Å². The first-order chi connectivity index (χ1) is 13.5. The molecule has 0 unspecified atom stereocenters. The number of hydrogen-bond acceptors (Lipinski definition) is 7. The molecule has 0 atom stereocenters. The quantitative estimate of drug-likeness (QED) is 0.667. The van der Waals surface area contributed by atoms with Crippen LogP contribution in [0, 0.1) is 13.8 Å². The molecule has 0 saturated carbocycles. The molecule has 1 saturated heterocycles. The standard InChI is InChI=1S/C19H23N5O3S/c1-4-5-14-11-16(25)24-18(20-14)28-19(21-24)23-8-6-22(7-9-23)17(26)15-10-12(2)27-13(15)3/h10-11H,4-9H2,1-3H3. The fraction of sp³-hybridized carbons (Fsp3) is 0.474. The van der Waals surface area contributed by atoms with Crippen LogP contribution in [0.15, 0.2) is 21.3 Å². The van der Waals surface area contributed by atoms with Crippen LogP contribution in [-0.4, -0.2) is 51.6 Å². The van der Waals surface area contributed by atoms with Gasteiger partial charge in [-0.25, -0.2) is 4.98 Å². The average molecular weight is 401 g/mol. The summed E-state index contributed by atoms with van der Waals surface area (Å²) in [5.41, 5.74) is 1.30. The summed E-state index contributed by atoms with van der Waals surface area (Å²) in [6.07, 6.45) is 1.73. The molecular formula is C19H23N5O3S. The van der Waals surface area contributed by atoms with E-state index in [-0.39, 0.29) is 11.5 Å². The zero-order valence-electron chi connectivity index (χ0n) is 16.3. The van der Waals surface area contributed by atoms with E-state index in [1.807, 2.05) is 18.7 Å². The molecule has 3 aromatic rings. The Bertz CT molecular complexity index is 1080.